The van der Waals surface area contributed by atoms with Crippen LogP contribution in [0.15, 0.2) is 43.6 Å². The van der Waals surface area contributed by atoms with Crippen molar-refractivity contribution in [3.8, 4) is 5.88 Å². The van der Waals surface area contributed by atoms with Gasteiger partial charge in [0.15, 0.2) is 0 Å². The maximum atomic E-state index is 12.3. The first-order valence-electron chi connectivity index (χ1n) is 6.96. The highest BCUT2D eigenvalue weighted by Gasteiger charge is 2.18. The van der Waals surface area contributed by atoms with Gasteiger partial charge in [0, 0.05) is 31.1 Å². The maximum Gasteiger partial charge on any atom is 0.255 e. The van der Waals surface area contributed by atoms with Gasteiger partial charge in [0.25, 0.3) is 5.91 Å². The molecule has 5 heteroatoms. The molecule has 1 atom stereocenters. The van der Waals surface area contributed by atoms with Gasteiger partial charge in [-0.25, -0.2) is 4.98 Å². The molecular weight excluding hydrogens is 284 g/mol. The van der Waals surface area contributed by atoms with Crippen molar-refractivity contribution in [2.24, 2.45) is 0 Å². The van der Waals surface area contributed by atoms with E-state index in [0.29, 0.717) is 24.5 Å². The number of rotatable bonds is 7. The maximum absolute atomic E-state index is 12.3. The fraction of sp³-hybridized carbons (Fsp3) is 0.375. The number of hydrogen-bond donors (Lipinski definition) is 0. The Bertz CT molecular complexity index is 486. The Balaban J connectivity index is 2.00. The van der Waals surface area contributed by atoms with Gasteiger partial charge in [-0.15, -0.1) is 13.2 Å². The topological polar surface area (TPSA) is 42.4 Å². The number of thioether (sulfide) groups is 1. The van der Waals surface area contributed by atoms with Crippen LogP contribution in [0.5, 0.6) is 5.88 Å². The van der Waals surface area contributed by atoms with E-state index in [1.807, 2.05) is 11.8 Å². The van der Waals surface area contributed by atoms with E-state index in [-0.39, 0.29) is 12.0 Å². The van der Waals surface area contributed by atoms with Crippen molar-refractivity contribution in [2.45, 2.75) is 12.5 Å². The van der Waals surface area contributed by atoms with E-state index in [4.69, 9.17) is 4.74 Å². The molecule has 0 N–H and O–H groups in total. The van der Waals surface area contributed by atoms with Crippen molar-refractivity contribution in [2.75, 3.05) is 24.6 Å². The number of aromatic nitrogens is 1. The molecule has 1 amide bonds. The largest absolute Gasteiger partial charge is 0.473 e. The lowest BCUT2D eigenvalue weighted by atomic mass is 10.2. The van der Waals surface area contributed by atoms with Crippen LogP contribution < -0.4 is 4.74 Å². The van der Waals surface area contributed by atoms with Gasteiger partial charge in [-0.3, -0.25) is 4.79 Å². The van der Waals surface area contributed by atoms with Crippen LogP contribution in [0, 0.1) is 0 Å². The zero-order valence-corrected chi connectivity index (χ0v) is 12.8. The van der Waals surface area contributed by atoms with Crippen LogP contribution in [0.1, 0.15) is 16.8 Å². The van der Waals surface area contributed by atoms with E-state index in [2.05, 4.69) is 18.1 Å². The monoisotopic (exact) mass is 304 g/mol. The lowest BCUT2D eigenvalue weighted by Gasteiger charge is -2.19. The molecule has 112 valence electrons. The van der Waals surface area contributed by atoms with Crippen LogP contribution in [0.3, 0.4) is 0 Å². The fourth-order valence-electron chi connectivity index (χ4n) is 2.09. The SMILES string of the molecule is C=CCN(CC=C)C(=O)c1ccc(OC2CCSC2)nc1. The minimum atomic E-state index is -0.0785. The van der Waals surface area contributed by atoms with Gasteiger partial charge in [-0.05, 0) is 18.2 Å². The Morgan fingerprint density at radius 2 is 2.19 bits per heavy atom. The molecule has 1 aliphatic heterocycles. The van der Waals surface area contributed by atoms with Gasteiger partial charge in [-0.2, -0.15) is 11.8 Å². The summed E-state index contributed by atoms with van der Waals surface area (Å²) in [6.07, 6.45) is 6.26. The molecule has 0 bridgehead atoms. The third-order valence-electron chi connectivity index (χ3n) is 3.14. The number of carbonyl (C=O) groups excluding carboxylic acids is 1. The molecule has 0 aliphatic carbocycles. The zero-order valence-electron chi connectivity index (χ0n) is 12.0. The van der Waals surface area contributed by atoms with E-state index < -0.39 is 0 Å². The molecule has 4 nitrogen and oxygen atoms in total. The van der Waals surface area contributed by atoms with Crippen LogP contribution >= 0.6 is 11.8 Å². The summed E-state index contributed by atoms with van der Waals surface area (Å²) in [6, 6.07) is 3.52. The van der Waals surface area contributed by atoms with E-state index in [1.54, 1.807) is 35.4 Å². The molecule has 0 saturated carbocycles. The molecule has 1 aliphatic rings. The number of carbonyl (C=O) groups is 1. The van der Waals surface area contributed by atoms with E-state index >= 15 is 0 Å². The lowest BCUT2D eigenvalue weighted by molar-refractivity contribution is 0.0790. The van der Waals surface area contributed by atoms with Crippen molar-refractivity contribution in [1.29, 1.82) is 0 Å². The first kappa shape index (κ1) is 15.6. The number of ether oxygens (including phenoxy) is 1. The van der Waals surface area contributed by atoms with Gasteiger partial charge >= 0.3 is 0 Å². The molecular formula is C16H20N2O2S. The highest BCUT2D eigenvalue weighted by molar-refractivity contribution is 7.99. The molecule has 1 unspecified atom stereocenters. The first-order valence-corrected chi connectivity index (χ1v) is 8.11. The number of nitrogens with zero attached hydrogens (tertiary/aromatic N) is 2. The molecule has 1 saturated heterocycles. The van der Waals surface area contributed by atoms with Gasteiger partial charge in [0.2, 0.25) is 5.88 Å². The molecule has 2 heterocycles. The quantitative estimate of drug-likeness (QED) is 0.727. The Labute approximate surface area is 129 Å². The molecule has 2 rings (SSSR count). The average Bonchev–Trinajstić information content (AvgIpc) is 3.00. The average molecular weight is 304 g/mol. The summed E-state index contributed by atoms with van der Waals surface area (Å²) in [7, 11) is 0. The van der Waals surface area contributed by atoms with Gasteiger partial charge in [0.05, 0.1) is 5.56 Å². The normalized spacial score (nSPS) is 17.2. The van der Waals surface area contributed by atoms with Crippen molar-refractivity contribution in [1.82, 2.24) is 9.88 Å². The summed E-state index contributed by atoms with van der Waals surface area (Å²) >= 11 is 1.89. The molecule has 1 aromatic heterocycles. The third kappa shape index (κ3) is 4.36. The number of amides is 1. The van der Waals surface area contributed by atoms with Gasteiger partial charge in [0.1, 0.15) is 6.10 Å². The van der Waals surface area contributed by atoms with Crippen LogP contribution in [0.25, 0.3) is 0 Å². The van der Waals surface area contributed by atoms with Crippen LogP contribution in [-0.4, -0.2) is 46.5 Å². The minimum absolute atomic E-state index is 0.0785. The number of pyridine rings is 1. The van der Waals surface area contributed by atoms with Gasteiger partial charge < -0.3 is 9.64 Å². The second-order valence-corrected chi connectivity index (χ2v) is 5.93. The third-order valence-corrected chi connectivity index (χ3v) is 4.28. The predicted octanol–water partition coefficient (Wildman–Crippen LogP) is 2.78. The first-order chi connectivity index (χ1) is 10.2. The van der Waals surface area contributed by atoms with Crippen LogP contribution in [-0.2, 0) is 0 Å². The molecule has 0 aromatic carbocycles. The smallest absolute Gasteiger partial charge is 0.255 e. The van der Waals surface area contributed by atoms with Crippen molar-refractivity contribution < 1.29 is 9.53 Å². The van der Waals surface area contributed by atoms with Crippen molar-refractivity contribution in [3.05, 3.63) is 49.2 Å². The Hall–Kier alpha value is -1.75. The lowest BCUT2D eigenvalue weighted by Crippen LogP contribution is -2.31. The molecule has 1 aromatic rings. The van der Waals surface area contributed by atoms with E-state index in [1.165, 1.54) is 0 Å². The van der Waals surface area contributed by atoms with Crippen molar-refractivity contribution >= 4 is 17.7 Å². The van der Waals surface area contributed by atoms with Crippen LogP contribution in [0.4, 0.5) is 0 Å². The van der Waals surface area contributed by atoms with E-state index in [9.17, 15) is 4.79 Å². The second-order valence-electron chi connectivity index (χ2n) is 4.78. The fourth-order valence-corrected chi connectivity index (χ4v) is 3.18. The Kier molecular flexibility index (Phi) is 5.87. The summed E-state index contributed by atoms with van der Waals surface area (Å²) in [6.45, 7) is 8.31. The Morgan fingerprint density at radius 1 is 1.43 bits per heavy atom. The highest BCUT2D eigenvalue weighted by Crippen LogP contribution is 2.22. The summed E-state index contributed by atoms with van der Waals surface area (Å²) in [4.78, 5) is 18.2. The van der Waals surface area contributed by atoms with Gasteiger partial charge in [-0.1, -0.05) is 12.2 Å². The second kappa shape index (κ2) is 7.88. The zero-order chi connectivity index (χ0) is 15.1. The predicted molar refractivity (Wildman–Crippen MR) is 86.9 cm³/mol. The molecule has 21 heavy (non-hydrogen) atoms. The minimum Gasteiger partial charge on any atom is -0.473 e. The van der Waals surface area contributed by atoms with E-state index in [0.717, 1.165) is 17.9 Å². The highest BCUT2D eigenvalue weighted by atomic mass is 32.2. The van der Waals surface area contributed by atoms with Crippen LogP contribution in [0.2, 0.25) is 0 Å². The number of hydrogen-bond acceptors (Lipinski definition) is 4. The molecule has 0 radical (unpaired) electrons. The molecule has 0 spiro atoms. The summed E-state index contributed by atoms with van der Waals surface area (Å²) in [5, 5.41) is 0. The Morgan fingerprint density at radius 3 is 2.71 bits per heavy atom. The van der Waals surface area contributed by atoms with Crippen molar-refractivity contribution in [3.63, 3.8) is 0 Å². The molecule has 1 fully saturated rings. The summed E-state index contributed by atoms with van der Waals surface area (Å²) in [5.74, 6) is 2.65. The standard InChI is InChI=1S/C16H20N2O2S/c1-3-8-18(9-4-2)16(19)13-5-6-15(17-11-13)20-14-7-10-21-12-14/h3-6,11,14H,1-2,7-10,12H2. The summed E-state index contributed by atoms with van der Waals surface area (Å²) < 4.78 is 5.78. The summed E-state index contributed by atoms with van der Waals surface area (Å²) in [5.41, 5.74) is 0.548.